The maximum Gasteiger partial charge on any atom is 0.336 e. The van der Waals surface area contributed by atoms with E-state index in [2.05, 4.69) is 0 Å². The SMILES string of the molecule is O=C(O)c1cccc(F)c1Sc1cccs1. The Kier molecular flexibility index (Phi) is 3.26. The quantitative estimate of drug-likeness (QED) is 0.906. The zero-order valence-corrected chi connectivity index (χ0v) is 9.65. The predicted octanol–water partition coefficient (Wildman–Crippen LogP) is 3.74. The van der Waals surface area contributed by atoms with Crippen LogP contribution in [0.3, 0.4) is 0 Å². The van der Waals surface area contributed by atoms with Gasteiger partial charge < -0.3 is 5.11 Å². The molecule has 16 heavy (non-hydrogen) atoms. The summed E-state index contributed by atoms with van der Waals surface area (Å²) in [7, 11) is 0. The Morgan fingerprint density at radius 1 is 1.31 bits per heavy atom. The molecule has 0 fully saturated rings. The molecule has 2 rings (SSSR count). The molecule has 0 unspecified atom stereocenters. The van der Waals surface area contributed by atoms with Crippen LogP contribution in [0.2, 0.25) is 0 Å². The lowest BCUT2D eigenvalue weighted by molar-refractivity contribution is 0.0692. The molecule has 1 aromatic carbocycles. The van der Waals surface area contributed by atoms with Crippen LogP contribution in [-0.4, -0.2) is 11.1 Å². The van der Waals surface area contributed by atoms with E-state index in [-0.39, 0.29) is 10.5 Å². The van der Waals surface area contributed by atoms with Crippen molar-refractivity contribution in [2.24, 2.45) is 0 Å². The van der Waals surface area contributed by atoms with Crippen LogP contribution in [-0.2, 0) is 0 Å². The van der Waals surface area contributed by atoms with Gasteiger partial charge in [-0.05, 0) is 23.6 Å². The van der Waals surface area contributed by atoms with E-state index < -0.39 is 11.8 Å². The largest absolute Gasteiger partial charge is 0.478 e. The maximum atomic E-state index is 13.5. The standard InChI is InChI=1S/C11H7FO2S2/c12-8-4-1-3-7(11(13)14)10(8)16-9-5-2-6-15-9/h1-6H,(H,13,14). The van der Waals surface area contributed by atoms with Crippen molar-refractivity contribution in [1.82, 2.24) is 0 Å². The number of aromatic carboxylic acids is 1. The number of halogens is 1. The second-order valence-corrected chi connectivity index (χ2v) is 5.21. The Morgan fingerprint density at radius 2 is 2.12 bits per heavy atom. The highest BCUT2D eigenvalue weighted by Gasteiger charge is 2.15. The van der Waals surface area contributed by atoms with Crippen molar-refractivity contribution < 1.29 is 14.3 Å². The first kappa shape index (κ1) is 11.2. The summed E-state index contributed by atoms with van der Waals surface area (Å²) in [5.41, 5.74) is -0.00148. The lowest BCUT2D eigenvalue weighted by Crippen LogP contribution is -2.00. The van der Waals surface area contributed by atoms with Gasteiger partial charge in [0.15, 0.2) is 0 Å². The smallest absolute Gasteiger partial charge is 0.336 e. The van der Waals surface area contributed by atoms with E-state index in [9.17, 15) is 9.18 Å². The summed E-state index contributed by atoms with van der Waals surface area (Å²) in [6, 6.07) is 7.74. The van der Waals surface area contributed by atoms with Gasteiger partial charge in [0.25, 0.3) is 0 Å². The second-order valence-electron chi connectivity index (χ2n) is 2.96. The monoisotopic (exact) mass is 254 g/mol. The van der Waals surface area contributed by atoms with E-state index in [4.69, 9.17) is 5.11 Å². The molecular formula is C11H7FO2S2. The highest BCUT2D eigenvalue weighted by atomic mass is 32.2. The number of carboxylic acids is 1. The van der Waals surface area contributed by atoms with Gasteiger partial charge in [-0.1, -0.05) is 23.9 Å². The first-order chi connectivity index (χ1) is 7.68. The van der Waals surface area contributed by atoms with Gasteiger partial charge >= 0.3 is 5.97 Å². The van der Waals surface area contributed by atoms with E-state index in [0.717, 1.165) is 16.0 Å². The zero-order valence-electron chi connectivity index (χ0n) is 8.01. The summed E-state index contributed by atoms with van der Waals surface area (Å²) in [6.07, 6.45) is 0. The van der Waals surface area contributed by atoms with Crippen molar-refractivity contribution in [3.63, 3.8) is 0 Å². The summed E-state index contributed by atoms with van der Waals surface area (Å²) < 4.78 is 14.4. The number of benzene rings is 1. The number of thiophene rings is 1. The Labute approximate surface area is 99.7 Å². The van der Waals surface area contributed by atoms with Gasteiger partial charge in [-0.3, -0.25) is 0 Å². The van der Waals surface area contributed by atoms with Crippen LogP contribution in [0.5, 0.6) is 0 Å². The fourth-order valence-electron chi connectivity index (χ4n) is 1.20. The number of rotatable bonds is 3. The molecule has 0 radical (unpaired) electrons. The molecule has 0 saturated carbocycles. The molecule has 2 aromatic rings. The van der Waals surface area contributed by atoms with E-state index in [1.165, 1.54) is 29.5 Å². The Hall–Kier alpha value is -1.33. The molecule has 2 nitrogen and oxygen atoms in total. The van der Waals surface area contributed by atoms with E-state index in [1.807, 2.05) is 17.5 Å². The lowest BCUT2D eigenvalue weighted by Gasteiger charge is -2.04. The highest BCUT2D eigenvalue weighted by Crippen LogP contribution is 2.35. The predicted molar refractivity (Wildman–Crippen MR) is 61.8 cm³/mol. The molecule has 0 aliphatic rings. The van der Waals surface area contributed by atoms with Crippen LogP contribution >= 0.6 is 23.1 Å². The van der Waals surface area contributed by atoms with Crippen LogP contribution in [0.1, 0.15) is 10.4 Å². The van der Waals surface area contributed by atoms with Crippen molar-refractivity contribution in [2.45, 2.75) is 9.10 Å². The van der Waals surface area contributed by atoms with E-state index in [1.54, 1.807) is 0 Å². The number of carbonyl (C=O) groups is 1. The van der Waals surface area contributed by atoms with Crippen LogP contribution in [0.15, 0.2) is 44.8 Å². The molecule has 0 aliphatic carbocycles. The summed E-state index contributed by atoms with van der Waals surface area (Å²) in [5, 5.41) is 10.8. The molecule has 1 aromatic heterocycles. The average molecular weight is 254 g/mol. The minimum atomic E-state index is -1.11. The first-order valence-corrected chi connectivity index (χ1v) is 6.11. The molecule has 1 heterocycles. The van der Waals surface area contributed by atoms with Crippen LogP contribution in [0.4, 0.5) is 4.39 Å². The molecule has 0 amide bonds. The van der Waals surface area contributed by atoms with Gasteiger partial charge in [-0.15, -0.1) is 11.3 Å². The van der Waals surface area contributed by atoms with E-state index in [0.29, 0.717) is 0 Å². The van der Waals surface area contributed by atoms with Gasteiger partial charge in [-0.2, -0.15) is 0 Å². The normalized spacial score (nSPS) is 10.3. The summed E-state index contributed by atoms with van der Waals surface area (Å²) in [6.45, 7) is 0. The van der Waals surface area contributed by atoms with Crippen molar-refractivity contribution in [3.8, 4) is 0 Å². The topological polar surface area (TPSA) is 37.3 Å². The van der Waals surface area contributed by atoms with Crippen LogP contribution < -0.4 is 0 Å². The number of carboxylic acid groups (broad SMARTS) is 1. The third-order valence-corrected chi connectivity index (χ3v) is 4.05. The van der Waals surface area contributed by atoms with Gasteiger partial charge in [0.2, 0.25) is 0 Å². The molecule has 82 valence electrons. The van der Waals surface area contributed by atoms with Crippen molar-refractivity contribution >= 4 is 29.1 Å². The van der Waals surface area contributed by atoms with Gasteiger partial charge in [0.05, 0.1) is 14.7 Å². The average Bonchev–Trinajstić information content (AvgIpc) is 2.73. The molecule has 1 N–H and O–H groups in total. The van der Waals surface area contributed by atoms with Gasteiger partial charge in [-0.25, -0.2) is 9.18 Å². The van der Waals surface area contributed by atoms with Gasteiger partial charge in [0, 0.05) is 0 Å². The molecule has 0 atom stereocenters. The lowest BCUT2D eigenvalue weighted by atomic mass is 10.2. The van der Waals surface area contributed by atoms with Crippen LogP contribution in [0, 0.1) is 5.82 Å². The number of hydrogen-bond donors (Lipinski definition) is 1. The summed E-state index contributed by atoms with van der Waals surface area (Å²) >= 11 is 2.59. The Balaban J connectivity index is 2.42. The molecule has 0 saturated heterocycles. The summed E-state index contributed by atoms with van der Waals surface area (Å²) in [5.74, 6) is -1.61. The van der Waals surface area contributed by atoms with Crippen molar-refractivity contribution in [2.75, 3.05) is 0 Å². The third-order valence-electron chi connectivity index (χ3n) is 1.90. The van der Waals surface area contributed by atoms with Crippen molar-refractivity contribution in [1.29, 1.82) is 0 Å². The maximum absolute atomic E-state index is 13.5. The van der Waals surface area contributed by atoms with Gasteiger partial charge in [0.1, 0.15) is 5.82 Å². The van der Waals surface area contributed by atoms with E-state index >= 15 is 0 Å². The second kappa shape index (κ2) is 4.67. The molecule has 5 heteroatoms. The number of hydrogen-bond acceptors (Lipinski definition) is 3. The fourth-order valence-corrected chi connectivity index (χ4v) is 3.04. The highest BCUT2D eigenvalue weighted by molar-refractivity contribution is 8.01. The Morgan fingerprint density at radius 3 is 2.75 bits per heavy atom. The molecule has 0 bridgehead atoms. The third kappa shape index (κ3) is 2.25. The fraction of sp³-hybridized carbons (Fsp3) is 0. The molecule has 0 aliphatic heterocycles. The van der Waals surface area contributed by atoms with Crippen molar-refractivity contribution in [3.05, 3.63) is 47.1 Å². The van der Waals surface area contributed by atoms with Crippen LogP contribution in [0.25, 0.3) is 0 Å². The first-order valence-electron chi connectivity index (χ1n) is 4.41. The minimum absolute atomic E-state index is 0.00148. The summed E-state index contributed by atoms with van der Waals surface area (Å²) in [4.78, 5) is 11.1. The minimum Gasteiger partial charge on any atom is -0.478 e. The molecular weight excluding hydrogens is 247 g/mol. The zero-order chi connectivity index (χ0) is 11.5. The molecule has 0 spiro atoms. The Bertz CT molecular complexity index is 509.